The summed E-state index contributed by atoms with van der Waals surface area (Å²) in [4.78, 5) is 7.73. The molecule has 1 N–H and O–H groups in total. The number of benzene rings is 1. The Morgan fingerprint density at radius 3 is 2.72 bits per heavy atom. The lowest BCUT2D eigenvalue weighted by Crippen LogP contribution is -2.43. The number of nitrogens with one attached hydrogen (secondary N) is 1. The molecule has 0 saturated carbocycles. The summed E-state index contributed by atoms with van der Waals surface area (Å²) in [6.45, 7) is 2.08. The zero-order valence-electron chi connectivity index (χ0n) is 20.5. The van der Waals surface area contributed by atoms with Crippen LogP contribution in [0.2, 0.25) is 0 Å². The first-order valence-corrected chi connectivity index (χ1v) is 11.3. The van der Waals surface area contributed by atoms with Crippen molar-refractivity contribution in [2.24, 2.45) is 0 Å². The number of nitrogens with zero attached hydrogens (tertiary/aromatic N) is 5. The van der Waals surface area contributed by atoms with Crippen molar-refractivity contribution in [3.63, 3.8) is 0 Å². The second kappa shape index (κ2) is 8.48. The van der Waals surface area contributed by atoms with E-state index in [1.54, 1.807) is 23.6 Å². The van der Waals surface area contributed by atoms with E-state index in [0.29, 0.717) is 53.4 Å². The minimum Gasteiger partial charge on any atom is -0.367 e. The van der Waals surface area contributed by atoms with Crippen LogP contribution in [0.15, 0.2) is 41.9 Å². The van der Waals surface area contributed by atoms with Gasteiger partial charge in [0.1, 0.15) is 5.82 Å². The molecule has 0 spiro atoms. The van der Waals surface area contributed by atoms with E-state index in [1.807, 2.05) is 11.8 Å². The topological polar surface area (TPSA) is 48.7 Å². The molecule has 5 rings (SSSR count). The number of aromatic nitrogens is 3. The van der Waals surface area contributed by atoms with E-state index in [2.05, 4.69) is 15.4 Å². The van der Waals surface area contributed by atoms with Crippen LogP contribution >= 0.6 is 11.3 Å². The third kappa shape index (κ3) is 3.71. The van der Waals surface area contributed by atoms with Gasteiger partial charge >= 0.3 is 0 Å². The molecule has 4 aromatic rings. The van der Waals surface area contributed by atoms with Gasteiger partial charge in [0.05, 0.1) is 34.5 Å². The van der Waals surface area contributed by atoms with Gasteiger partial charge in [0.15, 0.2) is 10.9 Å². The van der Waals surface area contributed by atoms with E-state index in [4.69, 9.17) is 4.11 Å². The number of piperazine rings is 1. The molecule has 0 aliphatic carbocycles. The van der Waals surface area contributed by atoms with Gasteiger partial charge in [-0.3, -0.25) is 0 Å². The number of hydrogen-bond donors (Lipinski definition) is 1. The first-order valence-electron chi connectivity index (χ1n) is 11.9. The Bertz CT molecular complexity index is 1350. The second-order valence-corrected chi connectivity index (χ2v) is 8.42. The van der Waals surface area contributed by atoms with Crippen LogP contribution in [-0.2, 0) is 6.42 Å². The van der Waals surface area contributed by atoms with Crippen LogP contribution in [0.25, 0.3) is 16.8 Å². The van der Waals surface area contributed by atoms with E-state index in [9.17, 15) is 4.39 Å². The van der Waals surface area contributed by atoms with Gasteiger partial charge in [0.2, 0.25) is 0 Å². The Balaban J connectivity index is 1.65. The molecule has 9 heteroatoms. The van der Waals surface area contributed by atoms with Crippen molar-refractivity contribution < 1.29 is 12.9 Å². The molecular weight excluding hydrogens is 430 g/mol. The fourth-order valence-electron chi connectivity index (χ4n) is 3.94. The fourth-order valence-corrected chi connectivity index (χ4v) is 4.69. The molecule has 6 nitrogen and oxygen atoms in total. The Hall–Kier alpha value is -3.04. The number of rotatable bonds is 5. The summed E-state index contributed by atoms with van der Waals surface area (Å²) in [5, 5.41) is 9.75. The Morgan fingerprint density at radius 1 is 1.22 bits per heavy atom. The fraction of sp³-hybridized carbons (Fsp3) is 0.304. The van der Waals surface area contributed by atoms with Gasteiger partial charge in [-0.25, -0.2) is 18.3 Å². The van der Waals surface area contributed by atoms with Gasteiger partial charge in [0.25, 0.3) is 0 Å². The average Bonchev–Trinajstić information content (AvgIpc) is 3.44. The van der Waals surface area contributed by atoms with Gasteiger partial charge in [0, 0.05) is 48.2 Å². The van der Waals surface area contributed by atoms with Gasteiger partial charge in [-0.1, -0.05) is 6.92 Å². The number of hydrogen-bond acceptors (Lipinski definition) is 6. The summed E-state index contributed by atoms with van der Waals surface area (Å²) in [6, 6.07) is 7.55. The van der Waals surface area contributed by atoms with Crippen LogP contribution in [0.4, 0.5) is 25.3 Å². The van der Waals surface area contributed by atoms with Gasteiger partial charge in [-0.2, -0.15) is 5.10 Å². The van der Waals surface area contributed by atoms with E-state index in [1.165, 1.54) is 39.1 Å². The molecule has 4 heterocycles. The highest BCUT2D eigenvalue weighted by Gasteiger charge is 2.23. The van der Waals surface area contributed by atoms with Crippen LogP contribution in [0.5, 0.6) is 0 Å². The lowest BCUT2D eigenvalue weighted by Gasteiger charge is -2.29. The maximum Gasteiger partial charge on any atom is 0.190 e. The molecule has 1 aromatic carbocycles. The molecule has 1 aliphatic rings. The molecule has 3 aromatic heterocycles. The predicted molar refractivity (Wildman–Crippen MR) is 125 cm³/mol. The van der Waals surface area contributed by atoms with Crippen molar-refractivity contribution in [2.45, 2.75) is 13.3 Å². The SMILES string of the molecule is [2H]C([2H])([2H])N(c1nc(-c2ccc(F)cc2)cs1)c1c(CC)nn2cc(F)c(N3CCNCC3)cc12. The molecular formula is C23H24F2N6S. The molecule has 32 heavy (non-hydrogen) atoms. The number of pyridine rings is 1. The number of anilines is 3. The number of aryl methyl sites for hydroxylation is 1. The van der Waals surface area contributed by atoms with E-state index < -0.39 is 12.8 Å². The molecule has 1 aliphatic heterocycles. The average molecular weight is 458 g/mol. The largest absolute Gasteiger partial charge is 0.367 e. The van der Waals surface area contributed by atoms with Gasteiger partial charge < -0.3 is 15.1 Å². The van der Waals surface area contributed by atoms with Crippen molar-refractivity contribution >= 4 is 33.4 Å². The summed E-state index contributed by atoms with van der Waals surface area (Å²) in [6.07, 6.45) is 1.75. The summed E-state index contributed by atoms with van der Waals surface area (Å²) in [5.41, 5.74) is 3.03. The molecule has 1 fully saturated rings. The summed E-state index contributed by atoms with van der Waals surface area (Å²) < 4.78 is 54.8. The van der Waals surface area contributed by atoms with Crippen LogP contribution in [0.3, 0.4) is 0 Å². The summed E-state index contributed by atoms with van der Waals surface area (Å²) >= 11 is 1.18. The molecule has 166 valence electrons. The Labute approximate surface area is 193 Å². The summed E-state index contributed by atoms with van der Waals surface area (Å²) in [5.74, 6) is -0.774. The molecule has 0 atom stereocenters. The van der Waals surface area contributed by atoms with Crippen LogP contribution < -0.4 is 15.1 Å². The third-order valence-electron chi connectivity index (χ3n) is 5.58. The standard InChI is InChI=1S/C23H24F2N6S/c1-3-18-22(29(2)23-27-19(14-32-23)15-4-6-16(24)7-5-15)21-12-20(17(25)13-31(21)28-18)30-10-8-26-9-11-30/h4-7,12-14,26H,3,8-11H2,1-2H3/i2D3. The minimum absolute atomic E-state index is 0.252. The molecule has 0 amide bonds. The molecule has 0 bridgehead atoms. The van der Waals surface area contributed by atoms with Crippen LogP contribution in [-0.4, -0.2) is 47.8 Å². The van der Waals surface area contributed by atoms with Crippen LogP contribution in [0.1, 0.15) is 16.7 Å². The van der Waals surface area contributed by atoms with E-state index in [0.717, 1.165) is 13.1 Å². The maximum absolute atomic E-state index is 15.0. The monoisotopic (exact) mass is 457 g/mol. The van der Waals surface area contributed by atoms with Crippen molar-refractivity contribution in [2.75, 3.05) is 43.0 Å². The van der Waals surface area contributed by atoms with Crippen LogP contribution in [0, 0.1) is 11.6 Å². The predicted octanol–water partition coefficient (Wildman–Crippen LogP) is 4.48. The van der Waals surface area contributed by atoms with Gasteiger partial charge in [-0.05, 0) is 36.8 Å². The molecule has 1 saturated heterocycles. The highest BCUT2D eigenvalue weighted by Crippen LogP contribution is 2.37. The molecule has 0 unspecified atom stereocenters. The highest BCUT2D eigenvalue weighted by atomic mass is 32.1. The van der Waals surface area contributed by atoms with E-state index in [-0.39, 0.29) is 10.9 Å². The summed E-state index contributed by atoms with van der Waals surface area (Å²) in [7, 11) is 0. The zero-order chi connectivity index (χ0) is 24.7. The number of fused-ring (bicyclic) bond motifs is 1. The Kier molecular flexibility index (Phi) is 4.64. The number of thiazole rings is 1. The second-order valence-electron chi connectivity index (χ2n) is 7.58. The zero-order valence-corrected chi connectivity index (χ0v) is 18.3. The lowest BCUT2D eigenvalue weighted by atomic mass is 10.2. The minimum atomic E-state index is -2.57. The maximum atomic E-state index is 15.0. The van der Waals surface area contributed by atoms with Crippen molar-refractivity contribution in [1.29, 1.82) is 0 Å². The number of halogens is 2. The normalized spacial score (nSPS) is 16.1. The quantitative estimate of drug-likeness (QED) is 0.479. The first-order chi connectivity index (χ1) is 16.8. The van der Waals surface area contributed by atoms with Crippen molar-refractivity contribution in [3.05, 3.63) is 59.2 Å². The first kappa shape index (κ1) is 17.5. The van der Waals surface area contributed by atoms with Crippen molar-refractivity contribution in [3.8, 4) is 11.3 Å². The molecule has 0 radical (unpaired) electrons. The smallest absolute Gasteiger partial charge is 0.190 e. The van der Waals surface area contributed by atoms with Gasteiger partial charge in [-0.15, -0.1) is 11.3 Å². The Morgan fingerprint density at radius 2 is 2.00 bits per heavy atom. The lowest BCUT2D eigenvalue weighted by molar-refractivity contribution is 0.562. The van der Waals surface area contributed by atoms with E-state index >= 15 is 4.39 Å². The third-order valence-corrected chi connectivity index (χ3v) is 6.41. The highest BCUT2D eigenvalue weighted by molar-refractivity contribution is 7.14. The van der Waals surface area contributed by atoms with Crippen molar-refractivity contribution in [1.82, 2.24) is 19.9 Å².